The molecule has 0 bridgehead atoms. The molecule has 0 saturated carbocycles. The average Bonchev–Trinajstić information content (AvgIpc) is 2.51. The fraction of sp³-hybridized carbons (Fsp3) is 0.0588. The maximum Gasteiger partial charge on any atom is 0.342 e. The molecule has 110 valence electrons. The van der Waals surface area contributed by atoms with Crippen LogP contribution in [0, 0.1) is 0 Å². The molecule has 0 aliphatic rings. The number of aromatic carboxylic acids is 1. The molecular weight excluding hydrogens is 302 g/mol. The van der Waals surface area contributed by atoms with Crippen LogP contribution in [0.4, 0.5) is 0 Å². The highest BCUT2D eigenvalue weighted by molar-refractivity contribution is 6.31. The van der Waals surface area contributed by atoms with Crippen LogP contribution < -0.4 is 5.56 Å². The summed E-state index contributed by atoms with van der Waals surface area (Å²) in [6.45, 7) is 0. The standard InChI is InChI=1S/C17H12ClNO3/c1-19-13-8-7-11(18)9-12(13)14(10-5-3-2-4-6-10)15(16(19)20)17(21)22/h2-9H,1H3,(H,21,22). The number of rotatable bonds is 2. The number of fused-ring (bicyclic) bond motifs is 1. The minimum absolute atomic E-state index is 0.247. The van der Waals surface area contributed by atoms with E-state index in [1.165, 1.54) is 4.57 Å². The average molecular weight is 314 g/mol. The molecule has 0 amide bonds. The number of pyridine rings is 1. The van der Waals surface area contributed by atoms with Crippen LogP contribution in [0.2, 0.25) is 5.02 Å². The van der Waals surface area contributed by atoms with E-state index in [1.54, 1.807) is 49.5 Å². The third-order valence-corrected chi connectivity index (χ3v) is 3.87. The van der Waals surface area contributed by atoms with Crippen molar-refractivity contribution >= 4 is 28.5 Å². The topological polar surface area (TPSA) is 59.3 Å². The fourth-order valence-corrected chi connectivity index (χ4v) is 2.79. The molecule has 0 unspecified atom stereocenters. The van der Waals surface area contributed by atoms with Gasteiger partial charge in [-0.25, -0.2) is 4.79 Å². The largest absolute Gasteiger partial charge is 0.477 e. The smallest absolute Gasteiger partial charge is 0.342 e. The van der Waals surface area contributed by atoms with Crippen LogP contribution in [0.5, 0.6) is 0 Å². The molecule has 3 rings (SSSR count). The Morgan fingerprint density at radius 3 is 2.45 bits per heavy atom. The Balaban J connectivity index is 2.59. The van der Waals surface area contributed by atoms with E-state index in [0.717, 1.165) is 0 Å². The zero-order chi connectivity index (χ0) is 15.9. The van der Waals surface area contributed by atoms with Crippen LogP contribution in [-0.4, -0.2) is 15.6 Å². The zero-order valence-corrected chi connectivity index (χ0v) is 12.5. The number of carboxylic acids is 1. The van der Waals surface area contributed by atoms with Crippen LogP contribution in [0.25, 0.3) is 22.0 Å². The van der Waals surface area contributed by atoms with Gasteiger partial charge in [0, 0.05) is 23.0 Å². The molecule has 0 spiro atoms. The SMILES string of the molecule is Cn1c(=O)c(C(=O)O)c(-c2ccccc2)c2cc(Cl)ccc21. The van der Waals surface area contributed by atoms with Crippen molar-refractivity contribution in [3.63, 3.8) is 0 Å². The molecule has 0 aliphatic carbocycles. The second-order valence-corrected chi connectivity index (χ2v) is 5.38. The van der Waals surface area contributed by atoms with Crippen LogP contribution in [0.15, 0.2) is 53.3 Å². The molecule has 22 heavy (non-hydrogen) atoms. The third kappa shape index (κ3) is 2.18. The lowest BCUT2D eigenvalue weighted by Crippen LogP contribution is -2.26. The Kier molecular flexibility index (Phi) is 3.47. The Hall–Kier alpha value is -2.59. The summed E-state index contributed by atoms with van der Waals surface area (Å²) in [6.07, 6.45) is 0. The molecule has 5 heteroatoms. The lowest BCUT2D eigenvalue weighted by Gasteiger charge is -2.14. The number of carbonyl (C=O) groups is 1. The molecule has 0 aliphatic heterocycles. The number of aryl methyl sites for hydroxylation is 1. The molecule has 0 radical (unpaired) electrons. The molecular formula is C17H12ClNO3. The van der Waals surface area contributed by atoms with Crippen molar-refractivity contribution in [3.05, 3.63) is 69.5 Å². The summed E-state index contributed by atoms with van der Waals surface area (Å²) in [5, 5.41) is 10.6. The van der Waals surface area contributed by atoms with Crippen LogP contribution in [0.1, 0.15) is 10.4 Å². The van der Waals surface area contributed by atoms with E-state index >= 15 is 0 Å². The van der Waals surface area contributed by atoms with Crippen molar-refractivity contribution in [2.75, 3.05) is 0 Å². The van der Waals surface area contributed by atoms with Gasteiger partial charge in [0.15, 0.2) is 0 Å². The summed E-state index contributed by atoms with van der Waals surface area (Å²) in [6, 6.07) is 14.1. The molecule has 2 aromatic carbocycles. The molecule has 3 aromatic rings. The molecule has 0 saturated heterocycles. The van der Waals surface area contributed by atoms with Crippen molar-refractivity contribution in [3.8, 4) is 11.1 Å². The summed E-state index contributed by atoms with van der Waals surface area (Å²) in [7, 11) is 1.56. The van der Waals surface area contributed by atoms with Gasteiger partial charge < -0.3 is 9.67 Å². The molecule has 0 atom stereocenters. The minimum Gasteiger partial charge on any atom is -0.477 e. The first kappa shape index (κ1) is 14.4. The van der Waals surface area contributed by atoms with Gasteiger partial charge >= 0.3 is 5.97 Å². The minimum atomic E-state index is -1.25. The quantitative estimate of drug-likeness (QED) is 0.787. The van der Waals surface area contributed by atoms with Gasteiger partial charge in [-0.1, -0.05) is 41.9 Å². The monoisotopic (exact) mass is 313 g/mol. The van der Waals surface area contributed by atoms with Crippen molar-refractivity contribution in [1.29, 1.82) is 0 Å². The maximum atomic E-state index is 12.5. The molecule has 1 aromatic heterocycles. The number of aromatic nitrogens is 1. The second-order valence-electron chi connectivity index (χ2n) is 4.95. The number of hydrogen-bond acceptors (Lipinski definition) is 2. The molecule has 4 nitrogen and oxygen atoms in total. The van der Waals surface area contributed by atoms with Gasteiger partial charge in [-0.3, -0.25) is 4.79 Å². The lowest BCUT2D eigenvalue weighted by molar-refractivity contribution is 0.0695. The van der Waals surface area contributed by atoms with Crippen molar-refractivity contribution in [2.45, 2.75) is 0 Å². The number of nitrogens with zero attached hydrogens (tertiary/aromatic N) is 1. The number of halogens is 1. The highest BCUT2D eigenvalue weighted by Crippen LogP contribution is 2.31. The third-order valence-electron chi connectivity index (χ3n) is 3.63. The molecule has 1 N–H and O–H groups in total. The van der Waals surface area contributed by atoms with Crippen molar-refractivity contribution < 1.29 is 9.90 Å². The second kappa shape index (κ2) is 5.31. The van der Waals surface area contributed by atoms with Gasteiger partial charge in [-0.05, 0) is 23.8 Å². The lowest BCUT2D eigenvalue weighted by atomic mass is 9.96. The van der Waals surface area contributed by atoms with Crippen LogP contribution >= 0.6 is 11.6 Å². The zero-order valence-electron chi connectivity index (χ0n) is 11.7. The van der Waals surface area contributed by atoms with E-state index in [0.29, 0.717) is 27.1 Å². The number of carboxylic acid groups (broad SMARTS) is 1. The maximum absolute atomic E-state index is 12.5. The number of benzene rings is 2. The summed E-state index contributed by atoms with van der Waals surface area (Å²) >= 11 is 6.07. The number of hydrogen-bond donors (Lipinski definition) is 1. The van der Waals surface area contributed by atoms with Crippen LogP contribution in [-0.2, 0) is 7.05 Å². The van der Waals surface area contributed by atoms with E-state index in [1.807, 2.05) is 6.07 Å². The van der Waals surface area contributed by atoms with Crippen LogP contribution in [0.3, 0.4) is 0 Å². The van der Waals surface area contributed by atoms with Gasteiger partial charge in [0.1, 0.15) is 5.56 Å². The Morgan fingerprint density at radius 2 is 1.82 bits per heavy atom. The van der Waals surface area contributed by atoms with E-state index in [4.69, 9.17) is 11.6 Å². The fourth-order valence-electron chi connectivity index (χ4n) is 2.62. The van der Waals surface area contributed by atoms with E-state index in [9.17, 15) is 14.7 Å². The Morgan fingerprint density at radius 1 is 1.14 bits per heavy atom. The molecule has 1 heterocycles. The first-order chi connectivity index (χ1) is 10.5. The normalized spacial score (nSPS) is 10.8. The highest BCUT2D eigenvalue weighted by atomic mass is 35.5. The first-order valence-electron chi connectivity index (χ1n) is 6.61. The van der Waals surface area contributed by atoms with E-state index < -0.39 is 11.5 Å². The van der Waals surface area contributed by atoms with Gasteiger partial charge in [0.2, 0.25) is 0 Å². The summed E-state index contributed by atoms with van der Waals surface area (Å²) in [5.74, 6) is -1.25. The van der Waals surface area contributed by atoms with Gasteiger partial charge in [-0.15, -0.1) is 0 Å². The predicted octanol–water partition coefficient (Wildman–Crippen LogP) is 3.56. The highest BCUT2D eigenvalue weighted by Gasteiger charge is 2.21. The van der Waals surface area contributed by atoms with E-state index in [2.05, 4.69) is 0 Å². The summed E-state index contributed by atoms with van der Waals surface area (Å²) in [5.41, 5.74) is 0.918. The van der Waals surface area contributed by atoms with E-state index in [-0.39, 0.29) is 5.56 Å². The first-order valence-corrected chi connectivity index (χ1v) is 6.99. The predicted molar refractivity (Wildman–Crippen MR) is 86.6 cm³/mol. The Bertz CT molecular complexity index is 946. The Labute approximate surface area is 131 Å². The van der Waals surface area contributed by atoms with Gasteiger partial charge in [0.05, 0.1) is 5.52 Å². The van der Waals surface area contributed by atoms with Crippen molar-refractivity contribution in [2.24, 2.45) is 7.05 Å². The van der Waals surface area contributed by atoms with Gasteiger partial charge in [0.25, 0.3) is 5.56 Å². The summed E-state index contributed by atoms with van der Waals surface area (Å²) in [4.78, 5) is 24.1. The van der Waals surface area contributed by atoms with Crippen molar-refractivity contribution in [1.82, 2.24) is 4.57 Å². The van der Waals surface area contributed by atoms with Gasteiger partial charge in [-0.2, -0.15) is 0 Å². The molecule has 0 fully saturated rings. The summed E-state index contributed by atoms with van der Waals surface area (Å²) < 4.78 is 1.33.